The normalized spacial score (nSPS) is 11.7. The van der Waals surface area contributed by atoms with Crippen LogP contribution in [0.4, 0.5) is 17.1 Å². The molecule has 0 spiro atoms. The van der Waals surface area contributed by atoms with Crippen molar-refractivity contribution in [3.05, 3.63) is 200 Å². The third kappa shape index (κ3) is 4.88. The van der Waals surface area contributed by atoms with E-state index in [-0.39, 0.29) is 0 Å². The number of anilines is 3. The molecule has 0 fully saturated rings. The van der Waals surface area contributed by atoms with E-state index in [0.29, 0.717) is 0 Å². The molecule has 2 heteroatoms. The average Bonchev–Trinajstić information content (AvgIpc) is 3.64. The predicted molar refractivity (Wildman–Crippen MR) is 229 cm³/mol. The zero-order valence-electron chi connectivity index (χ0n) is 29.4. The van der Waals surface area contributed by atoms with Gasteiger partial charge in [0.05, 0.1) is 11.1 Å². The zero-order valence-corrected chi connectivity index (χ0v) is 29.4. The first-order valence-corrected chi connectivity index (χ1v) is 18.5. The molecule has 1 heterocycles. The summed E-state index contributed by atoms with van der Waals surface area (Å²) in [5.41, 5.74) is 9.77. The van der Waals surface area contributed by atoms with Crippen molar-refractivity contribution in [1.29, 1.82) is 0 Å². The molecule has 0 radical (unpaired) electrons. The molecule has 0 saturated heterocycles. The Labute approximate surface area is 312 Å². The van der Waals surface area contributed by atoms with E-state index in [1.807, 2.05) is 0 Å². The fraction of sp³-hybridized carbons (Fsp3) is 0. The van der Waals surface area contributed by atoms with Crippen molar-refractivity contribution in [2.24, 2.45) is 0 Å². The van der Waals surface area contributed by atoms with Gasteiger partial charge < -0.3 is 9.32 Å². The second-order valence-corrected chi connectivity index (χ2v) is 14.1. The molecule has 2 nitrogen and oxygen atoms in total. The Bertz CT molecular complexity index is 3220. The van der Waals surface area contributed by atoms with E-state index in [4.69, 9.17) is 4.42 Å². The van der Waals surface area contributed by atoms with E-state index in [9.17, 15) is 0 Å². The molecule has 11 aromatic rings. The minimum absolute atomic E-state index is 0.870. The van der Waals surface area contributed by atoms with Crippen molar-refractivity contribution in [3.63, 3.8) is 0 Å². The van der Waals surface area contributed by atoms with Crippen molar-refractivity contribution < 1.29 is 4.42 Å². The van der Waals surface area contributed by atoms with E-state index in [1.165, 1.54) is 60.0 Å². The van der Waals surface area contributed by atoms with Crippen LogP contribution < -0.4 is 4.90 Å². The maximum Gasteiger partial charge on any atom is 0.143 e. The van der Waals surface area contributed by atoms with Crippen LogP contribution in [0.5, 0.6) is 0 Å². The van der Waals surface area contributed by atoms with Gasteiger partial charge in [0.1, 0.15) is 11.2 Å². The van der Waals surface area contributed by atoms with Gasteiger partial charge >= 0.3 is 0 Å². The molecule has 0 bridgehead atoms. The van der Waals surface area contributed by atoms with Gasteiger partial charge in [-0.2, -0.15) is 0 Å². The maximum absolute atomic E-state index is 6.68. The summed E-state index contributed by atoms with van der Waals surface area (Å²) >= 11 is 0. The third-order valence-electron chi connectivity index (χ3n) is 11.0. The van der Waals surface area contributed by atoms with Gasteiger partial charge in [-0.1, -0.05) is 152 Å². The fourth-order valence-electron chi connectivity index (χ4n) is 8.43. The monoisotopic (exact) mass is 687 g/mol. The lowest BCUT2D eigenvalue weighted by atomic mass is 9.97. The smallest absolute Gasteiger partial charge is 0.143 e. The van der Waals surface area contributed by atoms with Crippen LogP contribution in [0, 0.1) is 0 Å². The Morgan fingerprint density at radius 2 is 0.944 bits per heavy atom. The summed E-state index contributed by atoms with van der Waals surface area (Å²) in [5.74, 6) is 0. The summed E-state index contributed by atoms with van der Waals surface area (Å²) in [5, 5.41) is 12.0. The van der Waals surface area contributed by atoms with Crippen LogP contribution in [-0.2, 0) is 0 Å². The molecule has 0 aliphatic carbocycles. The maximum atomic E-state index is 6.68. The molecule has 0 amide bonds. The van der Waals surface area contributed by atoms with Crippen molar-refractivity contribution in [1.82, 2.24) is 0 Å². The van der Waals surface area contributed by atoms with E-state index in [0.717, 1.165) is 44.4 Å². The molecule has 11 rings (SSSR count). The Kier molecular flexibility index (Phi) is 6.90. The number of nitrogens with zero attached hydrogens (tertiary/aromatic N) is 1. The van der Waals surface area contributed by atoms with Crippen molar-refractivity contribution >= 4 is 82.1 Å². The van der Waals surface area contributed by atoms with Crippen LogP contribution in [0.1, 0.15) is 0 Å². The lowest BCUT2D eigenvalue weighted by molar-refractivity contribution is 0.672. The first kappa shape index (κ1) is 30.5. The number of benzene rings is 10. The van der Waals surface area contributed by atoms with Gasteiger partial charge in [0.15, 0.2) is 0 Å². The van der Waals surface area contributed by atoms with Gasteiger partial charge in [0.2, 0.25) is 0 Å². The first-order valence-electron chi connectivity index (χ1n) is 18.5. The molecular formula is C52H33NO. The van der Waals surface area contributed by atoms with Gasteiger partial charge in [-0.15, -0.1) is 0 Å². The van der Waals surface area contributed by atoms with Crippen LogP contribution in [0.15, 0.2) is 205 Å². The second kappa shape index (κ2) is 12.2. The predicted octanol–water partition coefficient (Wildman–Crippen LogP) is 15.0. The SMILES string of the molecule is c1cc(-c2cccc3ccccc23)cc(N(c2ccc(-c3ccc4c(ccc5ccccc54)c3)cc2)c2cccc3oc4c5ccccc5ccc4c23)c1. The Hall–Kier alpha value is -7.16. The minimum Gasteiger partial charge on any atom is -0.455 e. The van der Waals surface area contributed by atoms with Crippen LogP contribution in [0.25, 0.3) is 87.3 Å². The van der Waals surface area contributed by atoms with Crippen LogP contribution >= 0.6 is 0 Å². The summed E-state index contributed by atoms with van der Waals surface area (Å²) in [6.45, 7) is 0. The largest absolute Gasteiger partial charge is 0.455 e. The lowest BCUT2D eigenvalue weighted by Crippen LogP contribution is -2.10. The molecule has 0 atom stereocenters. The molecule has 0 N–H and O–H groups in total. The number of fused-ring (bicyclic) bond motifs is 9. The van der Waals surface area contributed by atoms with E-state index < -0.39 is 0 Å². The number of furan rings is 1. The average molecular weight is 688 g/mol. The number of hydrogen-bond donors (Lipinski definition) is 0. The molecule has 1 aromatic heterocycles. The van der Waals surface area contributed by atoms with E-state index in [1.54, 1.807) is 0 Å². The zero-order chi connectivity index (χ0) is 35.6. The van der Waals surface area contributed by atoms with Gasteiger partial charge in [0.25, 0.3) is 0 Å². The Morgan fingerprint density at radius 3 is 1.80 bits per heavy atom. The molecule has 0 saturated carbocycles. The van der Waals surface area contributed by atoms with Gasteiger partial charge in [0, 0.05) is 22.1 Å². The molecule has 0 aliphatic rings. The molecule has 54 heavy (non-hydrogen) atoms. The summed E-state index contributed by atoms with van der Waals surface area (Å²) in [6.07, 6.45) is 0. The van der Waals surface area contributed by atoms with Crippen molar-refractivity contribution in [2.75, 3.05) is 4.90 Å². The topological polar surface area (TPSA) is 16.4 Å². The quantitative estimate of drug-likeness (QED) is 0.168. The van der Waals surface area contributed by atoms with Gasteiger partial charge in [-0.3, -0.25) is 0 Å². The number of rotatable bonds is 5. The van der Waals surface area contributed by atoms with E-state index in [2.05, 4.69) is 205 Å². The highest BCUT2D eigenvalue weighted by atomic mass is 16.3. The molecular weight excluding hydrogens is 655 g/mol. The number of hydrogen-bond acceptors (Lipinski definition) is 2. The third-order valence-corrected chi connectivity index (χ3v) is 11.0. The van der Waals surface area contributed by atoms with Gasteiger partial charge in [-0.05, 0) is 108 Å². The summed E-state index contributed by atoms with van der Waals surface area (Å²) in [6, 6.07) is 72.3. The summed E-state index contributed by atoms with van der Waals surface area (Å²) in [4.78, 5) is 2.39. The molecule has 0 aliphatic heterocycles. The Balaban J connectivity index is 1.09. The first-order chi connectivity index (χ1) is 26.8. The standard InChI is InChI=1S/C52H33NO/c1-4-16-43-35(10-1)13-8-19-45(43)39-14-7-15-42(33-39)53(49-20-9-21-50-51(49)48-31-26-37-12-3-6-18-47(37)52(48)54-50)41-28-24-34(25-29-41)38-27-30-46-40(32-38)23-22-36-11-2-5-17-44(36)46/h1-33H. The van der Waals surface area contributed by atoms with Crippen LogP contribution in [0.3, 0.4) is 0 Å². The highest BCUT2D eigenvalue weighted by Gasteiger charge is 2.21. The lowest BCUT2D eigenvalue weighted by Gasteiger charge is -2.27. The molecule has 252 valence electrons. The summed E-state index contributed by atoms with van der Waals surface area (Å²) in [7, 11) is 0. The van der Waals surface area contributed by atoms with Crippen LogP contribution in [0.2, 0.25) is 0 Å². The van der Waals surface area contributed by atoms with E-state index >= 15 is 0 Å². The highest BCUT2D eigenvalue weighted by Crippen LogP contribution is 2.45. The minimum atomic E-state index is 0.870. The highest BCUT2D eigenvalue weighted by molar-refractivity contribution is 6.19. The fourth-order valence-corrected chi connectivity index (χ4v) is 8.43. The van der Waals surface area contributed by atoms with Gasteiger partial charge in [-0.25, -0.2) is 0 Å². The second-order valence-electron chi connectivity index (χ2n) is 14.1. The molecule has 10 aromatic carbocycles. The summed E-state index contributed by atoms with van der Waals surface area (Å²) < 4.78 is 6.68. The van der Waals surface area contributed by atoms with Crippen molar-refractivity contribution in [3.8, 4) is 22.3 Å². The molecule has 0 unspecified atom stereocenters. The van der Waals surface area contributed by atoms with Crippen LogP contribution in [-0.4, -0.2) is 0 Å². The Morgan fingerprint density at radius 1 is 0.333 bits per heavy atom. The van der Waals surface area contributed by atoms with Crippen molar-refractivity contribution in [2.45, 2.75) is 0 Å².